The summed E-state index contributed by atoms with van der Waals surface area (Å²) in [6, 6.07) is 5.85. The number of allylic oxidation sites excluding steroid dienone is 4. The normalized spacial score (nSPS) is 13.9. The van der Waals surface area contributed by atoms with Crippen molar-refractivity contribution in [2.24, 2.45) is 0 Å². The molecule has 0 bridgehead atoms. The van der Waals surface area contributed by atoms with Crippen LogP contribution in [-0.2, 0) is 21.4 Å². The van der Waals surface area contributed by atoms with Gasteiger partial charge in [-0.1, -0.05) is 47.5 Å². The Bertz CT molecular complexity index is 1540. The molecule has 2 aromatic carbocycles. The van der Waals surface area contributed by atoms with E-state index in [2.05, 4.69) is 0 Å². The molecule has 6 nitrogen and oxygen atoms in total. The zero-order valence-corrected chi connectivity index (χ0v) is 19.9. The van der Waals surface area contributed by atoms with Gasteiger partial charge in [-0.2, -0.15) is 0 Å². The number of carbonyl (C=O) groups excluding carboxylic acids is 2. The molecule has 0 radical (unpaired) electrons. The Morgan fingerprint density at radius 2 is 1.85 bits per heavy atom. The third-order valence-corrected chi connectivity index (χ3v) is 6.49. The molecule has 4 rings (SSSR count). The number of sulfonamides is 1. The molecule has 11 heteroatoms. The fraction of sp³-hybridized carbons (Fsp3) is 0.130. The predicted molar refractivity (Wildman–Crippen MR) is 126 cm³/mol. The minimum absolute atomic E-state index is 0.0215. The van der Waals surface area contributed by atoms with E-state index in [1.807, 2.05) is 4.72 Å². The van der Waals surface area contributed by atoms with E-state index in [1.54, 1.807) is 12.2 Å². The number of hydrogen-bond donors (Lipinski definition) is 1. The van der Waals surface area contributed by atoms with Crippen LogP contribution >= 0.6 is 23.2 Å². The Morgan fingerprint density at radius 1 is 1.15 bits per heavy atom. The first-order valence-electron chi connectivity index (χ1n) is 9.84. The van der Waals surface area contributed by atoms with Crippen LogP contribution in [0.5, 0.6) is 0 Å². The Morgan fingerprint density at radius 3 is 2.50 bits per heavy atom. The van der Waals surface area contributed by atoms with E-state index in [4.69, 9.17) is 23.2 Å². The summed E-state index contributed by atoms with van der Waals surface area (Å²) in [5.41, 5.74) is 0.398. The number of nitrogens with zero attached hydrogens (tertiary/aromatic N) is 1. The third kappa shape index (κ3) is 4.64. The summed E-state index contributed by atoms with van der Waals surface area (Å²) < 4.78 is 55.0. The highest BCUT2D eigenvalue weighted by atomic mass is 35.5. The highest BCUT2D eigenvalue weighted by Crippen LogP contribution is 2.38. The molecular weight excluding hydrogens is 509 g/mol. The van der Waals surface area contributed by atoms with E-state index < -0.39 is 27.6 Å². The SMILES string of the molecule is CS(=O)(=O)NC(=O)c1c(C2=CC=CCC2=O)c2cc(Cl)c(Cl)cc2n1Cc1ccc(F)cc1F. The second kappa shape index (κ2) is 8.98. The predicted octanol–water partition coefficient (Wildman–Crippen LogP) is 4.88. The lowest BCUT2D eigenvalue weighted by Gasteiger charge is -2.14. The largest absolute Gasteiger partial charge is 0.331 e. The van der Waals surface area contributed by atoms with E-state index in [0.29, 0.717) is 17.0 Å². The number of aromatic nitrogens is 1. The molecule has 1 N–H and O–H groups in total. The fourth-order valence-electron chi connectivity index (χ4n) is 3.82. The van der Waals surface area contributed by atoms with Crippen molar-refractivity contribution in [2.45, 2.75) is 13.0 Å². The number of ketones is 1. The lowest BCUT2D eigenvalue weighted by Crippen LogP contribution is -2.32. The second-order valence-corrected chi connectivity index (χ2v) is 10.2. The fourth-order valence-corrected chi connectivity index (χ4v) is 4.57. The summed E-state index contributed by atoms with van der Waals surface area (Å²) in [4.78, 5) is 26.0. The van der Waals surface area contributed by atoms with Crippen molar-refractivity contribution < 1.29 is 26.8 Å². The molecule has 34 heavy (non-hydrogen) atoms. The first-order chi connectivity index (χ1) is 16.0. The molecule has 1 aliphatic carbocycles. The Balaban J connectivity index is 2.09. The highest BCUT2D eigenvalue weighted by molar-refractivity contribution is 7.89. The number of fused-ring (bicyclic) bond motifs is 1. The number of carbonyl (C=O) groups is 2. The van der Waals surface area contributed by atoms with E-state index in [-0.39, 0.29) is 51.2 Å². The van der Waals surface area contributed by atoms with Crippen LogP contribution in [0.3, 0.4) is 0 Å². The zero-order valence-electron chi connectivity index (χ0n) is 17.5. The van der Waals surface area contributed by atoms with E-state index in [0.717, 1.165) is 12.3 Å². The number of rotatable bonds is 5. The number of halogens is 4. The van der Waals surface area contributed by atoms with Crippen LogP contribution < -0.4 is 4.72 Å². The van der Waals surface area contributed by atoms with E-state index in [9.17, 15) is 26.8 Å². The van der Waals surface area contributed by atoms with Gasteiger partial charge in [-0.05, 0) is 18.2 Å². The van der Waals surface area contributed by atoms with Gasteiger partial charge in [0.15, 0.2) is 5.78 Å². The number of hydrogen-bond acceptors (Lipinski definition) is 4. The van der Waals surface area contributed by atoms with Crippen molar-refractivity contribution in [3.63, 3.8) is 0 Å². The maximum Gasteiger partial charge on any atom is 0.282 e. The number of benzene rings is 2. The Labute approximate surface area is 203 Å². The van der Waals surface area contributed by atoms with E-state index >= 15 is 0 Å². The summed E-state index contributed by atoms with van der Waals surface area (Å²) in [5.74, 6) is -3.00. The standard InChI is InChI=1S/C23H16Cl2F2N2O4S/c1-34(32,33)28-23(31)22-21(14-4-2-3-5-20(14)30)15-9-16(24)17(25)10-19(15)29(22)11-12-6-7-13(26)8-18(12)27/h2-4,6-10H,5,11H2,1H3,(H,28,31). The number of Topliss-reactive ketones (excluding diaryl/α,β-unsaturated/α-hetero) is 1. The Kier molecular flexibility index (Phi) is 6.37. The van der Waals surface area contributed by atoms with Crippen molar-refractivity contribution in [3.8, 4) is 0 Å². The third-order valence-electron chi connectivity index (χ3n) is 5.21. The summed E-state index contributed by atoms with van der Waals surface area (Å²) in [5, 5.41) is 0.596. The maximum atomic E-state index is 14.5. The molecule has 1 heterocycles. The average Bonchev–Trinajstić information content (AvgIpc) is 3.02. The first kappa shape index (κ1) is 24.1. The number of amides is 1. The van der Waals surface area contributed by atoms with Crippen LogP contribution in [0.1, 0.15) is 28.0 Å². The van der Waals surface area contributed by atoms with Gasteiger partial charge < -0.3 is 4.57 Å². The van der Waals surface area contributed by atoms with Crippen LogP contribution in [0.2, 0.25) is 10.0 Å². The molecular formula is C23H16Cl2F2N2O4S. The van der Waals surface area contributed by atoms with Crippen LogP contribution in [0.4, 0.5) is 8.78 Å². The van der Waals surface area contributed by atoms with Crippen LogP contribution in [0.15, 0.2) is 48.6 Å². The molecule has 1 amide bonds. The minimum atomic E-state index is -4.00. The average molecular weight is 525 g/mol. The summed E-state index contributed by atoms with van der Waals surface area (Å²) in [7, 11) is -4.00. The molecule has 0 saturated carbocycles. The summed E-state index contributed by atoms with van der Waals surface area (Å²) in [6.45, 7) is -0.287. The monoisotopic (exact) mass is 524 g/mol. The van der Waals surface area contributed by atoms with Gasteiger partial charge in [-0.3, -0.25) is 9.59 Å². The Hall–Kier alpha value is -3.01. The molecule has 0 spiro atoms. The highest BCUT2D eigenvalue weighted by Gasteiger charge is 2.30. The molecule has 1 aromatic heterocycles. The van der Waals surface area contributed by atoms with Crippen molar-refractivity contribution in [1.82, 2.24) is 9.29 Å². The molecule has 0 aliphatic heterocycles. The van der Waals surface area contributed by atoms with Crippen molar-refractivity contribution >= 4 is 61.4 Å². The topological polar surface area (TPSA) is 85.2 Å². The molecule has 0 unspecified atom stereocenters. The van der Waals surface area contributed by atoms with Gasteiger partial charge in [0.05, 0.1) is 28.4 Å². The van der Waals surface area contributed by atoms with Crippen molar-refractivity contribution in [3.05, 3.63) is 87.1 Å². The minimum Gasteiger partial charge on any atom is -0.331 e. The van der Waals surface area contributed by atoms with Gasteiger partial charge in [0.1, 0.15) is 17.3 Å². The van der Waals surface area contributed by atoms with Crippen LogP contribution in [0, 0.1) is 11.6 Å². The van der Waals surface area contributed by atoms with Crippen molar-refractivity contribution in [2.75, 3.05) is 6.26 Å². The zero-order chi connectivity index (χ0) is 24.8. The van der Waals surface area contributed by atoms with Gasteiger partial charge in [0.2, 0.25) is 10.0 Å². The van der Waals surface area contributed by atoms with Gasteiger partial charge >= 0.3 is 0 Å². The summed E-state index contributed by atoms with van der Waals surface area (Å²) in [6.07, 6.45) is 5.65. The first-order valence-corrected chi connectivity index (χ1v) is 12.5. The second-order valence-electron chi connectivity index (χ2n) is 7.67. The van der Waals surface area contributed by atoms with Crippen molar-refractivity contribution in [1.29, 1.82) is 0 Å². The molecule has 1 aliphatic rings. The molecule has 0 atom stereocenters. The van der Waals surface area contributed by atoms with Gasteiger partial charge in [-0.25, -0.2) is 21.9 Å². The molecule has 176 valence electrons. The van der Waals surface area contributed by atoms with Crippen LogP contribution in [0.25, 0.3) is 16.5 Å². The lowest BCUT2D eigenvalue weighted by molar-refractivity contribution is -0.113. The van der Waals surface area contributed by atoms with Gasteiger partial charge in [0.25, 0.3) is 5.91 Å². The van der Waals surface area contributed by atoms with Crippen LogP contribution in [-0.4, -0.2) is 30.9 Å². The van der Waals surface area contributed by atoms with Gasteiger partial charge in [0, 0.05) is 34.6 Å². The lowest BCUT2D eigenvalue weighted by atomic mass is 9.93. The molecule has 0 fully saturated rings. The summed E-state index contributed by atoms with van der Waals surface area (Å²) >= 11 is 12.4. The molecule has 3 aromatic rings. The number of nitrogens with one attached hydrogen (secondary N) is 1. The quantitative estimate of drug-likeness (QED) is 0.515. The smallest absolute Gasteiger partial charge is 0.282 e. The maximum absolute atomic E-state index is 14.5. The molecule has 0 saturated heterocycles. The van der Waals surface area contributed by atoms with Gasteiger partial charge in [-0.15, -0.1) is 0 Å². The van der Waals surface area contributed by atoms with E-state index in [1.165, 1.54) is 28.8 Å².